The Kier molecular flexibility index (Phi) is 5.17. The summed E-state index contributed by atoms with van der Waals surface area (Å²) < 4.78 is 22.4. The molecule has 0 bridgehead atoms. The second-order valence-electron chi connectivity index (χ2n) is 9.59. The van der Waals surface area contributed by atoms with Crippen LogP contribution in [0.2, 0.25) is 19.6 Å². The molecule has 0 atom stereocenters. The number of rotatable bonds is 5. The zero-order valence-electron chi connectivity index (χ0n) is 21.5. The molecule has 0 N–H and O–H groups in total. The first-order valence-electron chi connectivity index (χ1n) is 11.4. The summed E-state index contributed by atoms with van der Waals surface area (Å²) in [4.78, 5) is 0. The summed E-state index contributed by atoms with van der Waals surface area (Å²) in [7, 11) is 0.421. The van der Waals surface area contributed by atoms with Gasteiger partial charge in [-0.3, -0.25) is 0 Å². The SMILES string of the molecule is [2H]C(C)(C)c1cc([Si](C)(C)C)cc(C([2H])(C)C)c1-n1cc[n+](C)c1-c1ccccc1C. The van der Waals surface area contributed by atoms with Crippen molar-refractivity contribution >= 4 is 13.3 Å². The predicted molar refractivity (Wildman–Crippen MR) is 128 cm³/mol. The van der Waals surface area contributed by atoms with Crippen LogP contribution in [0.25, 0.3) is 17.1 Å². The van der Waals surface area contributed by atoms with Crippen LogP contribution in [0.4, 0.5) is 0 Å². The fraction of sp³-hybridized carbons (Fsp3) is 0.423. The minimum atomic E-state index is -1.64. The Labute approximate surface area is 181 Å². The van der Waals surface area contributed by atoms with Crippen LogP contribution in [0.1, 0.15) is 58.9 Å². The van der Waals surface area contributed by atoms with Crippen LogP contribution in [0.3, 0.4) is 0 Å². The van der Waals surface area contributed by atoms with E-state index in [1.807, 2.05) is 27.7 Å². The normalized spacial score (nSPS) is 14.0. The van der Waals surface area contributed by atoms with E-state index in [9.17, 15) is 0 Å². The highest BCUT2D eigenvalue weighted by Crippen LogP contribution is 2.34. The van der Waals surface area contributed by atoms with Crippen molar-refractivity contribution in [1.29, 1.82) is 0 Å². The molecular weight excluding hydrogens is 368 g/mol. The number of aromatic nitrogens is 2. The minimum absolute atomic E-state index is 0.795. The third kappa shape index (κ3) is 4.11. The van der Waals surface area contributed by atoms with E-state index in [-0.39, 0.29) is 0 Å². The van der Waals surface area contributed by atoms with Crippen molar-refractivity contribution in [3.63, 3.8) is 0 Å². The van der Waals surface area contributed by atoms with Crippen LogP contribution in [0.5, 0.6) is 0 Å². The van der Waals surface area contributed by atoms with E-state index in [4.69, 9.17) is 2.74 Å². The maximum absolute atomic E-state index is 9.02. The number of hydrogen-bond donors (Lipinski definition) is 0. The van der Waals surface area contributed by atoms with Crippen molar-refractivity contribution in [2.24, 2.45) is 7.05 Å². The molecule has 3 heteroatoms. The van der Waals surface area contributed by atoms with Gasteiger partial charge in [0.25, 0.3) is 5.82 Å². The molecule has 2 nitrogen and oxygen atoms in total. The smallest absolute Gasteiger partial charge is 0.232 e. The average molecular weight is 408 g/mol. The Morgan fingerprint density at radius 1 is 0.966 bits per heavy atom. The molecule has 1 heterocycles. The molecule has 0 aliphatic rings. The highest BCUT2D eigenvalue weighted by molar-refractivity contribution is 6.88. The van der Waals surface area contributed by atoms with Gasteiger partial charge in [-0.05, 0) is 30.3 Å². The fourth-order valence-corrected chi connectivity index (χ4v) is 5.05. The van der Waals surface area contributed by atoms with Crippen LogP contribution in [-0.2, 0) is 7.05 Å². The summed E-state index contributed by atoms with van der Waals surface area (Å²) in [6, 6.07) is 12.9. The Morgan fingerprint density at radius 2 is 1.52 bits per heavy atom. The Hall–Kier alpha value is -2.13. The quantitative estimate of drug-likeness (QED) is 0.358. The zero-order chi connectivity index (χ0) is 23.4. The van der Waals surface area contributed by atoms with Crippen molar-refractivity contribution in [3.8, 4) is 17.1 Å². The first-order valence-corrected chi connectivity index (χ1v) is 13.9. The molecule has 0 fully saturated rings. The summed E-state index contributed by atoms with van der Waals surface area (Å²) >= 11 is 0. The summed E-state index contributed by atoms with van der Waals surface area (Å²) in [5.74, 6) is -0.525. The number of aryl methyl sites for hydroxylation is 2. The second kappa shape index (κ2) is 7.95. The van der Waals surface area contributed by atoms with E-state index >= 15 is 0 Å². The van der Waals surface area contributed by atoms with Gasteiger partial charge in [-0.1, -0.05) is 82.9 Å². The minimum Gasteiger partial charge on any atom is -0.232 e. The maximum Gasteiger partial charge on any atom is 0.294 e. The van der Waals surface area contributed by atoms with Crippen LogP contribution in [-0.4, -0.2) is 12.6 Å². The second-order valence-corrected chi connectivity index (χ2v) is 14.7. The van der Waals surface area contributed by atoms with Crippen molar-refractivity contribution < 1.29 is 7.31 Å². The molecule has 0 saturated heterocycles. The van der Waals surface area contributed by atoms with Crippen LogP contribution >= 0.6 is 0 Å². The molecule has 29 heavy (non-hydrogen) atoms. The van der Waals surface area contributed by atoms with E-state index < -0.39 is 19.9 Å². The van der Waals surface area contributed by atoms with E-state index in [2.05, 4.69) is 91.5 Å². The monoisotopic (exact) mass is 407 g/mol. The van der Waals surface area contributed by atoms with Gasteiger partial charge in [-0.25, -0.2) is 4.57 Å². The fourth-order valence-electron chi connectivity index (χ4n) is 3.89. The molecule has 0 aliphatic carbocycles. The third-order valence-electron chi connectivity index (χ3n) is 5.68. The highest BCUT2D eigenvalue weighted by atomic mass is 28.3. The summed E-state index contributed by atoms with van der Waals surface area (Å²) in [6.07, 6.45) is 4.14. The lowest BCUT2D eigenvalue weighted by molar-refractivity contribution is -0.659. The standard InChI is InChI=1S/C26H37N2Si/c1-18(2)23-16-21(29(7,8)9)17-24(19(3)4)25(23)28-15-14-27(6)26(28)22-13-11-10-12-20(22)5/h10-19H,1-9H3/q+1/i18D,19D. The van der Waals surface area contributed by atoms with Gasteiger partial charge < -0.3 is 0 Å². The predicted octanol–water partition coefficient (Wildman–Crippen LogP) is 6.07. The maximum atomic E-state index is 9.02. The lowest BCUT2D eigenvalue weighted by Gasteiger charge is -2.24. The van der Waals surface area contributed by atoms with Gasteiger partial charge in [0.15, 0.2) is 0 Å². The average Bonchev–Trinajstić information content (AvgIpc) is 3.00. The van der Waals surface area contributed by atoms with E-state index in [1.54, 1.807) is 0 Å². The first-order chi connectivity index (χ1) is 14.1. The molecule has 1 aromatic heterocycles. The molecule has 0 spiro atoms. The number of imidazole rings is 1. The van der Waals surface area contributed by atoms with Crippen molar-refractivity contribution in [1.82, 2.24) is 4.57 Å². The number of hydrogen-bond acceptors (Lipinski definition) is 0. The van der Waals surface area contributed by atoms with Crippen molar-refractivity contribution in [2.45, 2.75) is 66.0 Å². The molecular formula is C26H37N2Si+. The Morgan fingerprint density at radius 3 is 2.00 bits per heavy atom. The van der Waals surface area contributed by atoms with E-state index in [0.29, 0.717) is 0 Å². The summed E-state index contributed by atoms with van der Waals surface area (Å²) in [6.45, 7) is 16.9. The highest BCUT2D eigenvalue weighted by Gasteiger charge is 2.29. The van der Waals surface area contributed by atoms with Crippen LogP contribution in [0.15, 0.2) is 48.8 Å². The zero-order valence-corrected chi connectivity index (χ0v) is 20.5. The molecule has 3 rings (SSSR count). The van der Waals surface area contributed by atoms with E-state index in [0.717, 1.165) is 28.2 Å². The van der Waals surface area contributed by atoms with Gasteiger partial charge >= 0.3 is 0 Å². The molecule has 0 saturated carbocycles. The van der Waals surface area contributed by atoms with Gasteiger partial charge in [-0.15, -0.1) is 0 Å². The molecule has 0 amide bonds. The summed E-state index contributed by atoms with van der Waals surface area (Å²) in [5.41, 5.74) is 5.30. The van der Waals surface area contributed by atoms with Gasteiger partial charge in [0.1, 0.15) is 18.1 Å². The van der Waals surface area contributed by atoms with Gasteiger partial charge in [-0.2, -0.15) is 4.57 Å². The lowest BCUT2D eigenvalue weighted by atomic mass is 9.92. The molecule has 3 aromatic rings. The van der Waals surface area contributed by atoms with Crippen LogP contribution in [0, 0.1) is 6.92 Å². The topological polar surface area (TPSA) is 8.81 Å². The van der Waals surface area contributed by atoms with Crippen LogP contribution < -0.4 is 9.75 Å². The molecule has 0 aliphatic heterocycles. The number of nitrogens with zero attached hydrogens (tertiary/aromatic N) is 2. The molecule has 154 valence electrons. The lowest BCUT2D eigenvalue weighted by Crippen LogP contribution is -2.38. The first kappa shape index (κ1) is 18.9. The molecule has 2 aromatic carbocycles. The summed E-state index contributed by atoms with van der Waals surface area (Å²) in [5, 5.41) is 1.30. The van der Waals surface area contributed by atoms with Gasteiger partial charge in [0.2, 0.25) is 0 Å². The molecule has 0 unspecified atom stereocenters. The van der Waals surface area contributed by atoms with Gasteiger partial charge in [0.05, 0.1) is 20.7 Å². The van der Waals surface area contributed by atoms with Crippen molar-refractivity contribution in [3.05, 3.63) is 65.5 Å². The number of benzene rings is 2. The third-order valence-corrected chi connectivity index (χ3v) is 7.70. The Bertz CT molecular complexity index is 1070. The largest absolute Gasteiger partial charge is 0.294 e. The van der Waals surface area contributed by atoms with E-state index in [1.165, 1.54) is 10.8 Å². The van der Waals surface area contributed by atoms with Crippen molar-refractivity contribution in [2.75, 3.05) is 0 Å². The molecule has 0 radical (unpaired) electrons. The van der Waals surface area contributed by atoms with Gasteiger partial charge in [0, 0.05) is 13.9 Å². The Balaban J connectivity index is 2.49.